The molecule has 1 saturated heterocycles. The Morgan fingerprint density at radius 2 is 2.25 bits per heavy atom. The predicted molar refractivity (Wildman–Crippen MR) is 75.8 cm³/mol. The normalized spacial score (nSPS) is 23.4. The van der Waals surface area contributed by atoms with Gasteiger partial charge < -0.3 is 14.7 Å². The summed E-state index contributed by atoms with van der Waals surface area (Å²) in [6.07, 6.45) is -0.107. The van der Waals surface area contributed by atoms with E-state index < -0.39 is 18.1 Å². The molecule has 20 heavy (non-hydrogen) atoms. The lowest BCUT2D eigenvalue weighted by atomic mass is 10.0. The van der Waals surface area contributed by atoms with Gasteiger partial charge in [-0.2, -0.15) is 0 Å². The molecule has 2 unspecified atom stereocenters. The zero-order valence-electron chi connectivity index (χ0n) is 11.8. The highest BCUT2D eigenvalue weighted by Crippen LogP contribution is 2.36. The first-order valence-electron chi connectivity index (χ1n) is 6.69. The van der Waals surface area contributed by atoms with Gasteiger partial charge in [0.25, 0.3) is 0 Å². The molecular weight excluding hydrogens is 278 g/mol. The predicted octanol–water partition coefficient (Wildman–Crippen LogP) is 2.07. The quantitative estimate of drug-likeness (QED) is 0.924. The standard InChI is InChI=1S/C14H19NO4S/c1-4-9-5-6-10(20-9)12-13(14(17)18)19-7-11(16)15(12)8(2)3/h5-6,8,12-13H,4,7H2,1-3H3,(H,17,18). The van der Waals surface area contributed by atoms with Crippen LogP contribution in [0.15, 0.2) is 12.1 Å². The van der Waals surface area contributed by atoms with Gasteiger partial charge in [0.2, 0.25) is 5.91 Å². The van der Waals surface area contributed by atoms with Crippen LogP contribution >= 0.6 is 11.3 Å². The van der Waals surface area contributed by atoms with Crippen molar-refractivity contribution < 1.29 is 19.4 Å². The number of morpholine rings is 1. The minimum atomic E-state index is -1.03. The third kappa shape index (κ3) is 2.71. The number of hydrogen-bond acceptors (Lipinski definition) is 4. The van der Waals surface area contributed by atoms with Crippen LogP contribution in [0.4, 0.5) is 0 Å². The molecule has 1 fully saturated rings. The molecule has 6 heteroatoms. The van der Waals surface area contributed by atoms with Crippen LogP contribution in [0.3, 0.4) is 0 Å². The maximum Gasteiger partial charge on any atom is 0.335 e. The number of carboxylic acid groups (broad SMARTS) is 1. The third-order valence-electron chi connectivity index (χ3n) is 3.38. The molecule has 0 aromatic carbocycles. The highest BCUT2D eigenvalue weighted by Gasteiger charge is 2.43. The summed E-state index contributed by atoms with van der Waals surface area (Å²) in [5.41, 5.74) is 0. The first kappa shape index (κ1) is 15.0. The van der Waals surface area contributed by atoms with E-state index in [0.717, 1.165) is 11.3 Å². The van der Waals surface area contributed by atoms with Crippen molar-refractivity contribution >= 4 is 23.2 Å². The fourth-order valence-electron chi connectivity index (χ4n) is 2.47. The molecule has 0 spiro atoms. The lowest BCUT2D eigenvalue weighted by Crippen LogP contribution is -2.54. The highest BCUT2D eigenvalue weighted by molar-refractivity contribution is 7.12. The van der Waals surface area contributed by atoms with Gasteiger partial charge in [0.1, 0.15) is 12.6 Å². The van der Waals surface area contributed by atoms with Crippen LogP contribution in [0, 0.1) is 0 Å². The second kappa shape index (κ2) is 5.93. The van der Waals surface area contributed by atoms with Crippen molar-refractivity contribution in [3.05, 3.63) is 21.9 Å². The van der Waals surface area contributed by atoms with Gasteiger partial charge in [-0.1, -0.05) is 6.92 Å². The van der Waals surface area contributed by atoms with Gasteiger partial charge >= 0.3 is 5.97 Å². The van der Waals surface area contributed by atoms with Gasteiger partial charge in [0.05, 0.1) is 0 Å². The van der Waals surface area contributed by atoms with Crippen molar-refractivity contribution in [3.8, 4) is 0 Å². The molecule has 1 aromatic rings. The fraction of sp³-hybridized carbons (Fsp3) is 0.571. The molecule has 0 saturated carbocycles. The Kier molecular flexibility index (Phi) is 4.45. The number of carbonyl (C=O) groups is 2. The number of rotatable bonds is 4. The zero-order valence-corrected chi connectivity index (χ0v) is 12.6. The molecule has 1 aromatic heterocycles. The van der Waals surface area contributed by atoms with E-state index in [4.69, 9.17) is 4.74 Å². The molecule has 0 bridgehead atoms. The number of nitrogens with zero attached hydrogens (tertiary/aromatic N) is 1. The SMILES string of the molecule is CCc1ccc(C2C(C(=O)O)OCC(=O)N2C(C)C)s1. The number of thiophene rings is 1. The number of hydrogen-bond donors (Lipinski definition) is 1. The van der Waals surface area contributed by atoms with Gasteiger partial charge in [-0.15, -0.1) is 11.3 Å². The smallest absolute Gasteiger partial charge is 0.335 e. The van der Waals surface area contributed by atoms with Gasteiger partial charge in [-0.3, -0.25) is 4.79 Å². The number of aliphatic carboxylic acids is 1. The van der Waals surface area contributed by atoms with E-state index in [1.54, 1.807) is 16.2 Å². The van der Waals surface area contributed by atoms with E-state index in [2.05, 4.69) is 0 Å². The fourth-order valence-corrected chi connectivity index (χ4v) is 3.55. The Labute approximate surface area is 122 Å². The van der Waals surface area contributed by atoms with Gasteiger partial charge in [-0.25, -0.2) is 4.79 Å². The Hall–Kier alpha value is -1.40. The molecular formula is C14H19NO4S. The monoisotopic (exact) mass is 297 g/mol. The molecule has 0 radical (unpaired) electrons. The molecule has 2 heterocycles. The van der Waals surface area contributed by atoms with Gasteiger partial charge in [-0.05, 0) is 32.4 Å². The minimum Gasteiger partial charge on any atom is -0.479 e. The number of carbonyl (C=O) groups excluding carboxylic acids is 1. The molecule has 110 valence electrons. The van der Waals surface area contributed by atoms with E-state index in [1.165, 1.54) is 4.88 Å². The van der Waals surface area contributed by atoms with Gasteiger partial charge in [0, 0.05) is 15.8 Å². The van der Waals surface area contributed by atoms with E-state index in [0.29, 0.717) is 0 Å². The largest absolute Gasteiger partial charge is 0.479 e. The molecule has 1 aliphatic heterocycles. The van der Waals surface area contributed by atoms with Crippen molar-refractivity contribution in [1.29, 1.82) is 0 Å². The van der Waals surface area contributed by atoms with E-state index in [-0.39, 0.29) is 18.6 Å². The Bertz CT molecular complexity index is 511. The average molecular weight is 297 g/mol. The van der Waals surface area contributed by atoms with Crippen LogP contribution in [0.5, 0.6) is 0 Å². The highest BCUT2D eigenvalue weighted by atomic mass is 32.1. The lowest BCUT2D eigenvalue weighted by molar-refractivity contribution is -0.175. The van der Waals surface area contributed by atoms with Crippen molar-refractivity contribution in [2.45, 2.75) is 45.4 Å². The van der Waals surface area contributed by atoms with Crippen LogP contribution in [0.25, 0.3) is 0 Å². The summed E-state index contributed by atoms with van der Waals surface area (Å²) in [4.78, 5) is 27.2. The van der Waals surface area contributed by atoms with Crippen molar-refractivity contribution in [2.75, 3.05) is 6.61 Å². The first-order chi connectivity index (χ1) is 9.45. The van der Waals surface area contributed by atoms with Crippen LogP contribution in [0.2, 0.25) is 0 Å². The van der Waals surface area contributed by atoms with E-state index >= 15 is 0 Å². The maximum absolute atomic E-state index is 12.1. The number of amides is 1. The Balaban J connectivity index is 2.42. The summed E-state index contributed by atoms with van der Waals surface area (Å²) in [6, 6.07) is 3.28. The third-order valence-corrected chi connectivity index (χ3v) is 4.68. The zero-order chi connectivity index (χ0) is 14.9. The number of aryl methyl sites for hydroxylation is 1. The van der Waals surface area contributed by atoms with Crippen molar-refractivity contribution in [3.63, 3.8) is 0 Å². The average Bonchev–Trinajstić information content (AvgIpc) is 2.85. The van der Waals surface area contributed by atoms with Gasteiger partial charge in [0.15, 0.2) is 6.10 Å². The maximum atomic E-state index is 12.1. The van der Waals surface area contributed by atoms with Crippen molar-refractivity contribution in [1.82, 2.24) is 4.90 Å². The summed E-state index contributed by atoms with van der Waals surface area (Å²) in [6.45, 7) is 5.66. The second-order valence-electron chi connectivity index (χ2n) is 5.07. The van der Waals surface area contributed by atoms with Crippen LogP contribution < -0.4 is 0 Å². The molecule has 2 atom stereocenters. The van der Waals surface area contributed by atoms with E-state index in [9.17, 15) is 14.7 Å². The van der Waals surface area contributed by atoms with Crippen LogP contribution in [-0.4, -0.2) is 40.6 Å². The summed E-state index contributed by atoms with van der Waals surface area (Å²) in [7, 11) is 0. The second-order valence-corrected chi connectivity index (χ2v) is 6.27. The summed E-state index contributed by atoms with van der Waals surface area (Å²) in [5.74, 6) is -1.19. The number of ether oxygens (including phenoxy) is 1. The molecule has 1 amide bonds. The van der Waals surface area contributed by atoms with Crippen LogP contribution in [-0.2, 0) is 20.7 Å². The Morgan fingerprint density at radius 3 is 2.75 bits per heavy atom. The topological polar surface area (TPSA) is 66.8 Å². The van der Waals surface area contributed by atoms with Crippen molar-refractivity contribution in [2.24, 2.45) is 0 Å². The summed E-state index contributed by atoms with van der Waals surface area (Å²) >= 11 is 1.55. The minimum absolute atomic E-state index is 0.0644. The molecule has 5 nitrogen and oxygen atoms in total. The van der Waals surface area contributed by atoms with Crippen LogP contribution in [0.1, 0.15) is 36.6 Å². The number of carboxylic acids is 1. The summed E-state index contributed by atoms with van der Waals surface area (Å²) < 4.78 is 5.26. The molecule has 0 aliphatic carbocycles. The summed E-state index contributed by atoms with van der Waals surface area (Å²) in [5, 5.41) is 9.36. The molecule has 1 aliphatic rings. The van der Waals surface area contributed by atoms with E-state index in [1.807, 2.05) is 32.9 Å². The molecule has 1 N–H and O–H groups in total. The first-order valence-corrected chi connectivity index (χ1v) is 7.51. The molecule has 2 rings (SSSR count). The Morgan fingerprint density at radius 1 is 1.55 bits per heavy atom. The lowest BCUT2D eigenvalue weighted by Gasteiger charge is -2.41.